The number of alkyl halides is 2. The van der Waals surface area contributed by atoms with Crippen molar-refractivity contribution in [2.45, 2.75) is 6.43 Å². The first kappa shape index (κ1) is 35.4. The van der Waals surface area contributed by atoms with Gasteiger partial charge in [0.05, 0.1) is 33.1 Å². The van der Waals surface area contributed by atoms with Gasteiger partial charge in [0, 0.05) is 69.0 Å². The van der Waals surface area contributed by atoms with E-state index in [2.05, 4.69) is 75.9 Å². The number of nitrogens with zero attached hydrogens (tertiary/aromatic N) is 9. The molecule has 12 aromatic rings. The lowest BCUT2D eigenvalue weighted by Crippen LogP contribution is -2.08. The van der Waals surface area contributed by atoms with Gasteiger partial charge in [0.1, 0.15) is 34.6 Å². The zero-order chi connectivity index (χ0) is 41.3. The SMILES string of the molecule is FC(F)c1nnc(-n2c3cc(Oc4ccc5c6ccccc6n(-c6ccccn6)c5c4)ccc3c3ccc(Oc4ccc5c6ccccc6n(-c6ccccn6)c5c4)cc32)nn1. The van der Waals surface area contributed by atoms with E-state index in [0.29, 0.717) is 34.0 Å². The van der Waals surface area contributed by atoms with E-state index in [1.165, 1.54) is 0 Å². The minimum Gasteiger partial charge on any atom is -0.457 e. The molecule has 12 rings (SSSR count). The van der Waals surface area contributed by atoms with Gasteiger partial charge >= 0.3 is 6.43 Å². The summed E-state index contributed by atoms with van der Waals surface area (Å²) in [5.74, 6) is 3.09. The van der Waals surface area contributed by atoms with Gasteiger partial charge in [0.2, 0.25) is 5.82 Å². The van der Waals surface area contributed by atoms with Crippen LogP contribution in [0.5, 0.6) is 23.0 Å². The molecule has 13 heteroatoms. The highest BCUT2D eigenvalue weighted by Gasteiger charge is 2.21. The summed E-state index contributed by atoms with van der Waals surface area (Å²) in [6, 6.07) is 51.5. The zero-order valence-corrected chi connectivity index (χ0v) is 32.3. The molecule has 0 aliphatic rings. The van der Waals surface area contributed by atoms with Gasteiger partial charge in [-0.25, -0.2) is 18.7 Å². The first-order chi connectivity index (χ1) is 30.6. The molecule has 0 saturated carbocycles. The van der Waals surface area contributed by atoms with Crippen LogP contribution in [0.15, 0.2) is 170 Å². The summed E-state index contributed by atoms with van der Waals surface area (Å²) in [7, 11) is 0. The number of fused-ring (bicyclic) bond motifs is 9. The molecular weight excluding hydrogens is 785 g/mol. The molecule has 0 radical (unpaired) electrons. The highest BCUT2D eigenvalue weighted by atomic mass is 19.3. The fourth-order valence-corrected chi connectivity index (χ4v) is 8.49. The summed E-state index contributed by atoms with van der Waals surface area (Å²) in [5, 5.41) is 21.7. The van der Waals surface area contributed by atoms with Crippen LogP contribution < -0.4 is 9.47 Å². The summed E-state index contributed by atoms with van der Waals surface area (Å²) in [5.41, 5.74) is 5.22. The minimum atomic E-state index is -2.93. The molecule has 0 aliphatic carbocycles. The maximum atomic E-state index is 13.6. The smallest absolute Gasteiger partial charge is 0.300 e. The van der Waals surface area contributed by atoms with E-state index in [1.54, 1.807) is 17.0 Å². The van der Waals surface area contributed by atoms with Crippen molar-refractivity contribution < 1.29 is 18.3 Å². The van der Waals surface area contributed by atoms with Crippen molar-refractivity contribution in [1.82, 2.24) is 44.1 Å². The maximum absolute atomic E-state index is 13.6. The number of halogens is 2. The van der Waals surface area contributed by atoms with Crippen molar-refractivity contribution in [3.05, 3.63) is 176 Å². The molecular formula is C49H29F2N9O2. The Bertz CT molecular complexity index is 3470. The molecule has 0 spiro atoms. The number of aromatic nitrogens is 9. The van der Waals surface area contributed by atoms with Gasteiger partial charge < -0.3 is 9.47 Å². The third-order valence-corrected chi connectivity index (χ3v) is 11.1. The number of pyridine rings is 2. The van der Waals surface area contributed by atoms with Crippen molar-refractivity contribution in [2.75, 3.05) is 0 Å². The minimum absolute atomic E-state index is 0.00583. The summed E-state index contributed by atoms with van der Waals surface area (Å²) in [6.45, 7) is 0. The molecule has 0 aliphatic heterocycles. The van der Waals surface area contributed by atoms with Crippen LogP contribution in [0.4, 0.5) is 8.78 Å². The zero-order valence-electron chi connectivity index (χ0n) is 32.3. The second kappa shape index (κ2) is 14.0. The average molecular weight is 814 g/mol. The van der Waals surface area contributed by atoms with Gasteiger partial charge in [-0.2, -0.15) is 0 Å². The summed E-state index contributed by atoms with van der Waals surface area (Å²) < 4.78 is 46.3. The molecule has 62 heavy (non-hydrogen) atoms. The van der Waals surface area contributed by atoms with Crippen molar-refractivity contribution >= 4 is 65.4 Å². The molecule has 0 atom stereocenters. The van der Waals surface area contributed by atoms with E-state index in [-0.39, 0.29) is 5.95 Å². The Morgan fingerprint density at radius 2 is 0.742 bits per heavy atom. The summed E-state index contributed by atoms with van der Waals surface area (Å²) in [6.07, 6.45) is 0.628. The molecule has 6 aromatic heterocycles. The van der Waals surface area contributed by atoms with Gasteiger partial charge in [-0.15, -0.1) is 20.4 Å². The quantitative estimate of drug-likeness (QED) is 0.149. The molecule has 0 fully saturated rings. The van der Waals surface area contributed by atoms with Gasteiger partial charge in [-0.1, -0.05) is 48.5 Å². The largest absolute Gasteiger partial charge is 0.457 e. The molecule has 6 aromatic carbocycles. The molecule has 0 saturated heterocycles. The molecule has 0 N–H and O–H groups in total. The predicted molar refractivity (Wildman–Crippen MR) is 234 cm³/mol. The van der Waals surface area contributed by atoms with Crippen molar-refractivity contribution in [2.24, 2.45) is 0 Å². The Kier molecular flexibility index (Phi) is 8.00. The monoisotopic (exact) mass is 813 g/mol. The van der Waals surface area contributed by atoms with Crippen molar-refractivity contribution in [1.29, 1.82) is 0 Å². The van der Waals surface area contributed by atoms with Crippen LogP contribution in [0.2, 0.25) is 0 Å². The lowest BCUT2D eigenvalue weighted by atomic mass is 10.1. The van der Waals surface area contributed by atoms with Crippen LogP contribution in [0.3, 0.4) is 0 Å². The fourth-order valence-electron chi connectivity index (χ4n) is 8.49. The molecule has 11 nitrogen and oxygen atoms in total. The second-order valence-electron chi connectivity index (χ2n) is 14.7. The Morgan fingerprint density at radius 1 is 0.371 bits per heavy atom. The first-order valence-electron chi connectivity index (χ1n) is 19.7. The fraction of sp³-hybridized carbons (Fsp3) is 0.0204. The van der Waals surface area contributed by atoms with Gasteiger partial charge in [0.15, 0.2) is 0 Å². The van der Waals surface area contributed by atoms with Gasteiger partial charge in [-0.05, 0) is 84.9 Å². The molecule has 0 unspecified atom stereocenters. The Morgan fingerprint density at radius 3 is 1.13 bits per heavy atom. The maximum Gasteiger partial charge on any atom is 0.300 e. The van der Waals surface area contributed by atoms with Crippen LogP contribution >= 0.6 is 0 Å². The van der Waals surface area contributed by atoms with Gasteiger partial charge in [-0.3, -0.25) is 13.7 Å². The van der Waals surface area contributed by atoms with Crippen molar-refractivity contribution in [3.63, 3.8) is 0 Å². The van der Waals surface area contributed by atoms with Crippen LogP contribution in [-0.4, -0.2) is 44.1 Å². The normalized spacial score (nSPS) is 11.9. The standard InChI is InChI=1S/C49H29F2N9O2/c50-47(51)48-54-56-49(57-55-48)60-43-27-31(61-29-15-19-35-33-9-1-3-11-39(33)58(41(35)25-29)45-13-5-7-23-52-45)17-21-37(43)38-22-18-32(28-44(38)60)62-30-16-20-36-34-10-2-4-12-40(34)59(42(36)26-30)46-14-6-8-24-53-46/h1-28,47H. The van der Waals surface area contributed by atoms with Crippen LogP contribution in [0.25, 0.3) is 83.0 Å². The van der Waals surface area contributed by atoms with Crippen LogP contribution in [0.1, 0.15) is 12.2 Å². The number of benzene rings is 6. The van der Waals surface area contributed by atoms with E-state index < -0.39 is 12.2 Å². The first-order valence-corrected chi connectivity index (χ1v) is 19.7. The Balaban J connectivity index is 0.968. The topological polar surface area (TPSA) is 111 Å². The highest BCUT2D eigenvalue weighted by molar-refractivity contribution is 6.11. The third-order valence-electron chi connectivity index (χ3n) is 11.1. The number of hydrogen-bond donors (Lipinski definition) is 0. The van der Waals surface area contributed by atoms with Crippen LogP contribution in [-0.2, 0) is 0 Å². The molecule has 296 valence electrons. The van der Waals surface area contributed by atoms with Crippen molar-refractivity contribution in [3.8, 4) is 40.6 Å². The van der Waals surface area contributed by atoms with Gasteiger partial charge in [0.25, 0.3) is 5.95 Å². The number of ether oxygens (including phenoxy) is 2. The second-order valence-corrected chi connectivity index (χ2v) is 14.7. The lowest BCUT2D eigenvalue weighted by molar-refractivity contribution is 0.137. The third kappa shape index (κ3) is 5.70. The number of rotatable bonds is 8. The number of para-hydroxylation sites is 2. The Hall–Kier alpha value is -8.58. The van der Waals surface area contributed by atoms with E-state index >= 15 is 0 Å². The van der Waals surface area contributed by atoms with E-state index in [4.69, 9.17) is 9.47 Å². The number of hydrogen-bond acceptors (Lipinski definition) is 8. The molecule has 6 heterocycles. The van der Waals surface area contributed by atoms with E-state index in [0.717, 1.165) is 66.0 Å². The lowest BCUT2D eigenvalue weighted by Gasteiger charge is -2.10. The summed E-state index contributed by atoms with van der Waals surface area (Å²) in [4.78, 5) is 9.30. The van der Waals surface area contributed by atoms with E-state index in [1.807, 2.05) is 121 Å². The average Bonchev–Trinajstić information content (AvgIpc) is 3.94. The van der Waals surface area contributed by atoms with E-state index in [9.17, 15) is 8.78 Å². The predicted octanol–water partition coefficient (Wildman–Crippen LogP) is 11.9. The molecule has 0 amide bonds. The molecule has 0 bridgehead atoms. The Labute approximate surface area is 349 Å². The summed E-state index contributed by atoms with van der Waals surface area (Å²) >= 11 is 0. The van der Waals surface area contributed by atoms with Crippen LogP contribution in [0, 0.1) is 0 Å². The highest BCUT2D eigenvalue weighted by Crippen LogP contribution is 2.40.